The SMILES string of the molecule is O=C(O)C1CCN(C(=O)CCSc2ccccc2Cl)C1. The van der Waals surface area contributed by atoms with Crippen LogP contribution in [0.2, 0.25) is 5.02 Å². The lowest BCUT2D eigenvalue weighted by Gasteiger charge is -2.15. The Balaban J connectivity index is 1.76. The van der Waals surface area contributed by atoms with E-state index in [1.54, 1.807) is 16.7 Å². The average molecular weight is 314 g/mol. The first-order valence-electron chi connectivity index (χ1n) is 6.46. The molecule has 1 fully saturated rings. The van der Waals surface area contributed by atoms with Gasteiger partial charge in [0.25, 0.3) is 0 Å². The third-order valence-electron chi connectivity index (χ3n) is 3.30. The predicted octanol–water partition coefficient (Wildman–Crippen LogP) is 2.76. The Labute approximate surface area is 127 Å². The summed E-state index contributed by atoms with van der Waals surface area (Å²) in [5.41, 5.74) is 0. The third-order valence-corrected chi connectivity index (χ3v) is 4.82. The van der Waals surface area contributed by atoms with Gasteiger partial charge in [0.2, 0.25) is 5.91 Å². The number of likely N-dealkylation sites (tertiary alicyclic amines) is 1. The van der Waals surface area contributed by atoms with Crippen LogP contribution in [0.1, 0.15) is 12.8 Å². The standard InChI is InChI=1S/C14H16ClNO3S/c15-11-3-1-2-4-12(11)20-8-6-13(17)16-7-5-10(9-16)14(18)19/h1-4,10H,5-9H2,(H,18,19). The summed E-state index contributed by atoms with van der Waals surface area (Å²) in [7, 11) is 0. The van der Waals surface area contributed by atoms with Gasteiger partial charge in [-0.1, -0.05) is 23.7 Å². The highest BCUT2D eigenvalue weighted by atomic mass is 35.5. The van der Waals surface area contributed by atoms with E-state index in [1.807, 2.05) is 24.3 Å². The van der Waals surface area contributed by atoms with Crippen LogP contribution in [0.4, 0.5) is 0 Å². The molecule has 0 radical (unpaired) electrons. The molecule has 0 bridgehead atoms. The second kappa shape index (κ2) is 6.99. The first-order chi connectivity index (χ1) is 9.58. The van der Waals surface area contributed by atoms with Gasteiger partial charge >= 0.3 is 5.97 Å². The Morgan fingerprint density at radius 3 is 2.80 bits per heavy atom. The summed E-state index contributed by atoms with van der Waals surface area (Å²) in [5, 5.41) is 9.60. The van der Waals surface area contributed by atoms with Gasteiger partial charge in [-0.25, -0.2) is 0 Å². The van der Waals surface area contributed by atoms with Crippen molar-refractivity contribution in [3.63, 3.8) is 0 Å². The van der Waals surface area contributed by atoms with Crippen molar-refractivity contribution in [1.29, 1.82) is 0 Å². The molecule has 20 heavy (non-hydrogen) atoms. The number of amides is 1. The summed E-state index contributed by atoms with van der Waals surface area (Å²) in [6.07, 6.45) is 0.959. The lowest BCUT2D eigenvalue weighted by molar-refractivity contribution is -0.141. The van der Waals surface area contributed by atoms with E-state index in [-0.39, 0.29) is 5.91 Å². The van der Waals surface area contributed by atoms with Crippen LogP contribution >= 0.6 is 23.4 Å². The number of carboxylic acids is 1. The molecule has 1 amide bonds. The molecule has 0 aliphatic carbocycles. The fourth-order valence-electron chi connectivity index (χ4n) is 2.16. The van der Waals surface area contributed by atoms with E-state index in [0.29, 0.717) is 36.7 Å². The van der Waals surface area contributed by atoms with E-state index in [9.17, 15) is 9.59 Å². The number of carbonyl (C=O) groups is 2. The van der Waals surface area contributed by atoms with Crippen LogP contribution in [0.25, 0.3) is 0 Å². The van der Waals surface area contributed by atoms with Gasteiger partial charge in [0.1, 0.15) is 0 Å². The van der Waals surface area contributed by atoms with Crippen LogP contribution in [0.5, 0.6) is 0 Å². The van der Waals surface area contributed by atoms with Gasteiger partial charge < -0.3 is 10.0 Å². The van der Waals surface area contributed by atoms with Crippen molar-refractivity contribution in [3.8, 4) is 0 Å². The minimum Gasteiger partial charge on any atom is -0.481 e. The number of nitrogens with zero attached hydrogens (tertiary/aromatic N) is 1. The van der Waals surface area contributed by atoms with Crippen molar-refractivity contribution in [1.82, 2.24) is 4.90 Å². The predicted molar refractivity (Wildman–Crippen MR) is 79.1 cm³/mol. The lowest BCUT2D eigenvalue weighted by atomic mass is 10.1. The van der Waals surface area contributed by atoms with Crippen LogP contribution in [-0.4, -0.2) is 40.7 Å². The molecule has 2 rings (SSSR count). The fraction of sp³-hybridized carbons (Fsp3) is 0.429. The van der Waals surface area contributed by atoms with E-state index in [1.165, 1.54) is 0 Å². The maximum absolute atomic E-state index is 12.0. The molecule has 1 N–H and O–H groups in total. The Kier molecular flexibility index (Phi) is 5.31. The molecule has 1 heterocycles. The van der Waals surface area contributed by atoms with Gasteiger partial charge in [0, 0.05) is 30.2 Å². The smallest absolute Gasteiger partial charge is 0.308 e. The minimum absolute atomic E-state index is 0.0216. The molecule has 1 unspecified atom stereocenters. The number of rotatable bonds is 5. The quantitative estimate of drug-likeness (QED) is 0.849. The molecule has 1 aliphatic heterocycles. The zero-order chi connectivity index (χ0) is 14.5. The zero-order valence-electron chi connectivity index (χ0n) is 10.9. The average Bonchev–Trinajstić information content (AvgIpc) is 2.91. The summed E-state index contributed by atoms with van der Waals surface area (Å²) in [4.78, 5) is 25.4. The number of carbonyl (C=O) groups excluding carboxylic acids is 1. The first kappa shape index (κ1) is 15.2. The highest BCUT2D eigenvalue weighted by Crippen LogP contribution is 2.27. The van der Waals surface area contributed by atoms with Crippen molar-refractivity contribution in [2.45, 2.75) is 17.7 Å². The molecule has 4 nitrogen and oxygen atoms in total. The molecule has 108 valence electrons. The molecule has 1 aliphatic rings. The van der Waals surface area contributed by atoms with E-state index in [2.05, 4.69) is 0 Å². The summed E-state index contributed by atoms with van der Waals surface area (Å²) in [6, 6.07) is 7.53. The summed E-state index contributed by atoms with van der Waals surface area (Å²) < 4.78 is 0. The molecule has 6 heteroatoms. The number of halogens is 1. The van der Waals surface area contributed by atoms with Gasteiger partial charge in [-0.2, -0.15) is 0 Å². The Morgan fingerprint density at radius 2 is 2.15 bits per heavy atom. The van der Waals surface area contributed by atoms with Gasteiger partial charge in [0.05, 0.1) is 10.9 Å². The van der Waals surface area contributed by atoms with E-state index >= 15 is 0 Å². The highest BCUT2D eigenvalue weighted by molar-refractivity contribution is 7.99. The molecule has 1 atom stereocenters. The maximum Gasteiger partial charge on any atom is 0.308 e. The van der Waals surface area contributed by atoms with Crippen LogP contribution in [0, 0.1) is 5.92 Å². The van der Waals surface area contributed by atoms with E-state index in [4.69, 9.17) is 16.7 Å². The van der Waals surface area contributed by atoms with Crippen molar-refractivity contribution in [2.24, 2.45) is 5.92 Å². The van der Waals surface area contributed by atoms with Crippen LogP contribution in [0.15, 0.2) is 29.2 Å². The van der Waals surface area contributed by atoms with Crippen molar-refractivity contribution >= 4 is 35.2 Å². The number of benzene rings is 1. The Hall–Kier alpha value is -1.20. The second-order valence-corrected chi connectivity index (χ2v) is 6.24. The largest absolute Gasteiger partial charge is 0.481 e. The molecule has 0 aromatic heterocycles. The molecular formula is C14H16ClNO3S. The van der Waals surface area contributed by atoms with Crippen LogP contribution in [0.3, 0.4) is 0 Å². The normalized spacial score (nSPS) is 18.2. The summed E-state index contributed by atoms with van der Waals surface area (Å²) >= 11 is 7.58. The van der Waals surface area contributed by atoms with Crippen molar-refractivity contribution in [2.75, 3.05) is 18.8 Å². The van der Waals surface area contributed by atoms with Gasteiger partial charge in [-0.15, -0.1) is 11.8 Å². The molecule has 1 aromatic carbocycles. The number of hydrogen-bond donors (Lipinski definition) is 1. The third kappa shape index (κ3) is 3.90. The van der Waals surface area contributed by atoms with E-state index in [0.717, 1.165) is 4.90 Å². The second-order valence-electron chi connectivity index (χ2n) is 4.69. The fourth-order valence-corrected chi connectivity index (χ4v) is 3.33. The van der Waals surface area contributed by atoms with E-state index < -0.39 is 11.9 Å². The van der Waals surface area contributed by atoms with Gasteiger partial charge in [-0.3, -0.25) is 9.59 Å². The molecular weight excluding hydrogens is 298 g/mol. The van der Waals surface area contributed by atoms with Crippen molar-refractivity contribution in [3.05, 3.63) is 29.3 Å². The maximum atomic E-state index is 12.0. The first-order valence-corrected chi connectivity index (χ1v) is 7.82. The topological polar surface area (TPSA) is 57.6 Å². The lowest BCUT2D eigenvalue weighted by Crippen LogP contribution is -2.30. The zero-order valence-corrected chi connectivity index (χ0v) is 12.5. The molecule has 1 saturated heterocycles. The number of hydrogen-bond acceptors (Lipinski definition) is 3. The summed E-state index contributed by atoms with van der Waals surface area (Å²) in [6.45, 7) is 0.886. The van der Waals surface area contributed by atoms with Crippen LogP contribution < -0.4 is 0 Å². The molecule has 1 aromatic rings. The van der Waals surface area contributed by atoms with Gasteiger partial charge in [0.15, 0.2) is 0 Å². The monoisotopic (exact) mass is 313 g/mol. The number of aliphatic carboxylic acids is 1. The Bertz CT molecular complexity index is 509. The molecule has 0 saturated carbocycles. The van der Waals surface area contributed by atoms with Crippen LogP contribution in [-0.2, 0) is 9.59 Å². The van der Waals surface area contributed by atoms with Gasteiger partial charge in [-0.05, 0) is 18.6 Å². The Morgan fingerprint density at radius 1 is 1.40 bits per heavy atom. The summed E-state index contributed by atoms with van der Waals surface area (Å²) in [5.74, 6) is -0.550. The number of carboxylic acid groups (broad SMARTS) is 1. The molecule has 0 spiro atoms. The number of thioether (sulfide) groups is 1. The minimum atomic E-state index is -0.814. The van der Waals surface area contributed by atoms with Crippen molar-refractivity contribution < 1.29 is 14.7 Å². The highest BCUT2D eigenvalue weighted by Gasteiger charge is 2.30.